The Bertz CT molecular complexity index is 508. The average molecular weight is 296 g/mol. The molecule has 0 radical (unpaired) electrons. The van der Waals surface area contributed by atoms with E-state index in [1.807, 2.05) is 17.7 Å². The molecule has 90 valence electrons. The Hall–Kier alpha value is -1.43. The summed E-state index contributed by atoms with van der Waals surface area (Å²) in [4.78, 5) is 12.8. The van der Waals surface area contributed by atoms with E-state index in [2.05, 4.69) is 43.1 Å². The van der Waals surface area contributed by atoms with Gasteiger partial charge in [-0.25, -0.2) is 15.0 Å². The molecular formula is C11H14BrN5. The molecule has 1 N–H and O–H groups in total. The molecule has 2 heterocycles. The molecule has 2 rings (SSSR count). The second kappa shape index (κ2) is 5.27. The second-order valence-electron chi connectivity index (χ2n) is 3.46. The van der Waals surface area contributed by atoms with Gasteiger partial charge in [0, 0.05) is 25.4 Å². The Morgan fingerprint density at radius 2 is 2.12 bits per heavy atom. The van der Waals surface area contributed by atoms with Gasteiger partial charge in [-0.3, -0.25) is 4.57 Å². The van der Waals surface area contributed by atoms with E-state index in [0.29, 0.717) is 0 Å². The minimum Gasteiger partial charge on any atom is -0.369 e. The van der Waals surface area contributed by atoms with E-state index in [9.17, 15) is 0 Å². The van der Waals surface area contributed by atoms with Crippen molar-refractivity contribution in [2.45, 2.75) is 20.3 Å². The van der Waals surface area contributed by atoms with E-state index in [1.165, 1.54) is 0 Å². The molecule has 0 unspecified atom stereocenters. The standard InChI is InChI=1S/C11H14BrN5/c1-3-8-14-5-6-17(8)11-9(12)10(13-4-2)15-7-16-11/h5-7H,3-4H2,1-2H3,(H,13,15,16). The monoisotopic (exact) mass is 295 g/mol. The van der Waals surface area contributed by atoms with Gasteiger partial charge in [-0.15, -0.1) is 0 Å². The number of hydrogen-bond donors (Lipinski definition) is 1. The Balaban J connectivity index is 2.49. The predicted octanol–water partition coefficient (Wildman–Crippen LogP) is 2.42. The summed E-state index contributed by atoms with van der Waals surface area (Å²) in [6.07, 6.45) is 6.10. The van der Waals surface area contributed by atoms with Gasteiger partial charge in [0.25, 0.3) is 0 Å². The molecule has 0 aliphatic carbocycles. The lowest BCUT2D eigenvalue weighted by atomic mass is 10.4. The van der Waals surface area contributed by atoms with Crippen molar-refractivity contribution >= 4 is 21.7 Å². The molecule has 5 nitrogen and oxygen atoms in total. The SMILES string of the molecule is CCNc1ncnc(-n2ccnc2CC)c1Br. The number of aromatic nitrogens is 4. The van der Waals surface area contributed by atoms with Crippen LogP contribution in [0.25, 0.3) is 5.82 Å². The molecule has 17 heavy (non-hydrogen) atoms. The third kappa shape index (κ3) is 2.31. The number of anilines is 1. The lowest BCUT2D eigenvalue weighted by Crippen LogP contribution is -2.07. The maximum Gasteiger partial charge on any atom is 0.158 e. The lowest BCUT2D eigenvalue weighted by molar-refractivity contribution is 0.856. The molecule has 2 aromatic rings. The summed E-state index contributed by atoms with van der Waals surface area (Å²) >= 11 is 3.53. The molecule has 0 fully saturated rings. The molecule has 0 bridgehead atoms. The smallest absolute Gasteiger partial charge is 0.158 e. The Labute approximate surface area is 108 Å². The quantitative estimate of drug-likeness (QED) is 0.941. The summed E-state index contributed by atoms with van der Waals surface area (Å²) in [6.45, 7) is 4.92. The number of imidazole rings is 1. The van der Waals surface area contributed by atoms with E-state index < -0.39 is 0 Å². The van der Waals surface area contributed by atoms with Gasteiger partial charge in [0.1, 0.15) is 22.4 Å². The number of aryl methyl sites for hydroxylation is 1. The maximum atomic E-state index is 4.30. The fourth-order valence-corrected chi connectivity index (χ4v) is 2.14. The molecule has 0 atom stereocenters. The van der Waals surface area contributed by atoms with Crippen LogP contribution in [0.3, 0.4) is 0 Å². The number of halogens is 1. The molecule has 0 saturated heterocycles. The van der Waals surface area contributed by atoms with Gasteiger partial charge in [0.05, 0.1) is 0 Å². The lowest BCUT2D eigenvalue weighted by Gasteiger charge is -2.10. The first kappa shape index (κ1) is 12.0. The van der Waals surface area contributed by atoms with Gasteiger partial charge >= 0.3 is 0 Å². The van der Waals surface area contributed by atoms with Gasteiger partial charge < -0.3 is 5.32 Å². The molecule has 0 spiro atoms. The second-order valence-corrected chi connectivity index (χ2v) is 4.25. The first-order chi connectivity index (χ1) is 8.27. The highest BCUT2D eigenvalue weighted by Gasteiger charge is 2.12. The largest absolute Gasteiger partial charge is 0.369 e. The van der Waals surface area contributed by atoms with E-state index in [-0.39, 0.29) is 0 Å². The summed E-state index contributed by atoms with van der Waals surface area (Å²) in [5.74, 6) is 2.59. The summed E-state index contributed by atoms with van der Waals surface area (Å²) in [5.41, 5.74) is 0. The molecule has 0 saturated carbocycles. The van der Waals surface area contributed by atoms with Crippen LogP contribution < -0.4 is 5.32 Å². The maximum absolute atomic E-state index is 4.30. The van der Waals surface area contributed by atoms with Crippen molar-refractivity contribution < 1.29 is 0 Å². The molecule has 0 amide bonds. The topological polar surface area (TPSA) is 55.6 Å². The van der Waals surface area contributed by atoms with Crippen LogP contribution in [-0.2, 0) is 6.42 Å². The fourth-order valence-electron chi connectivity index (χ4n) is 1.61. The van der Waals surface area contributed by atoms with Crippen LogP contribution in [0.15, 0.2) is 23.2 Å². The van der Waals surface area contributed by atoms with Gasteiger partial charge in [0.15, 0.2) is 5.82 Å². The van der Waals surface area contributed by atoms with E-state index >= 15 is 0 Å². The number of nitrogens with one attached hydrogen (secondary N) is 1. The van der Waals surface area contributed by atoms with Crippen molar-refractivity contribution in [1.82, 2.24) is 19.5 Å². The first-order valence-electron chi connectivity index (χ1n) is 5.54. The van der Waals surface area contributed by atoms with Crippen LogP contribution in [0.1, 0.15) is 19.7 Å². The number of rotatable bonds is 4. The van der Waals surface area contributed by atoms with Crippen molar-refractivity contribution in [1.29, 1.82) is 0 Å². The predicted molar refractivity (Wildman–Crippen MR) is 70.4 cm³/mol. The van der Waals surface area contributed by atoms with Crippen molar-refractivity contribution in [2.75, 3.05) is 11.9 Å². The molecular weight excluding hydrogens is 282 g/mol. The molecule has 6 heteroatoms. The number of nitrogens with zero attached hydrogens (tertiary/aromatic N) is 4. The third-order valence-electron chi connectivity index (χ3n) is 2.38. The minimum atomic E-state index is 0.799. The number of hydrogen-bond acceptors (Lipinski definition) is 4. The summed E-state index contributed by atoms with van der Waals surface area (Å²) < 4.78 is 2.82. The zero-order chi connectivity index (χ0) is 12.3. The molecule has 0 aliphatic rings. The summed E-state index contributed by atoms with van der Waals surface area (Å²) in [6, 6.07) is 0. The zero-order valence-electron chi connectivity index (χ0n) is 9.81. The van der Waals surface area contributed by atoms with Crippen LogP contribution in [-0.4, -0.2) is 26.1 Å². The van der Waals surface area contributed by atoms with Crippen LogP contribution in [0.5, 0.6) is 0 Å². The Morgan fingerprint density at radius 3 is 2.82 bits per heavy atom. The highest BCUT2D eigenvalue weighted by molar-refractivity contribution is 9.10. The van der Waals surface area contributed by atoms with Crippen LogP contribution in [0.2, 0.25) is 0 Å². The van der Waals surface area contributed by atoms with Crippen molar-refractivity contribution in [3.63, 3.8) is 0 Å². The van der Waals surface area contributed by atoms with E-state index in [1.54, 1.807) is 12.5 Å². The third-order valence-corrected chi connectivity index (χ3v) is 3.11. The summed E-state index contributed by atoms with van der Waals surface area (Å²) in [7, 11) is 0. The minimum absolute atomic E-state index is 0.799. The highest BCUT2D eigenvalue weighted by Crippen LogP contribution is 2.26. The van der Waals surface area contributed by atoms with Gasteiger partial charge in [-0.2, -0.15) is 0 Å². The van der Waals surface area contributed by atoms with Gasteiger partial charge in [-0.1, -0.05) is 6.92 Å². The van der Waals surface area contributed by atoms with E-state index in [0.717, 1.165) is 34.9 Å². The Morgan fingerprint density at radius 1 is 1.29 bits per heavy atom. The van der Waals surface area contributed by atoms with E-state index in [4.69, 9.17) is 0 Å². The summed E-state index contributed by atoms with van der Waals surface area (Å²) in [5, 5.41) is 3.18. The van der Waals surface area contributed by atoms with Crippen LogP contribution in [0.4, 0.5) is 5.82 Å². The zero-order valence-corrected chi connectivity index (χ0v) is 11.4. The van der Waals surface area contributed by atoms with Crippen molar-refractivity contribution in [3.05, 3.63) is 29.0 Å². The Kier molecular flexibility index (Phi) is 3.73. The van der Waals surface area contributed by atoms with Gasteiger partial charge in [0.2, 0.25) is 0 Å². The van der Waals surface area contributed by atoms with Crippen molar-refractivity contribution in [3.8, 4) is 5.82 Å². The molecule has 0 aliphatic heterocycles. The van der Waals surface area contributed by atoms with Crippen LogP contribution >= 0.6 is 15.9 Å². The molecule has 2 aromatic heterocycles. The first-order valence-corrected chi connectivity index (χ1v) is 6.34. The van der Waals surface area contributed by atoms with Crippen LogP contribution in [0, 0.1) is 0 Å². The fraction of sp³-hybridized carbons (Fsp3) is 0.364. The van der Waals surface area contributed by atoms with Crippen molar-refractivity contribution in [2.24, 2.45) is 0 Å². The highest BCUT2D eigenvalue weighted by atomic mass is 79.9. The normalized spacial score (nSPS) is 10.5. The van der Waals surface area contributed by atoms with Gasteiger partial charge in [-0.05, 0) is 22.9 Å². The molecule has 0 aromatic carbocycles. The average Bonchev–Trinajstić information content (AvgIpc) is 2.80.